The average Bonchev–Trinajstić information content (AvgIpc) is 2.36. The Labute approximate surface area is 117 Å². The molecule has 5 nitrogen and oxygen atoms in total. The van der Waals surface area contributed by atoms with E-state index in [-0.39, 0.29) is 6.04 Å². The summed E-state index contributed by atoms with van der Waals surface area (Å²) < 4.78 is 32.6. The van der Waals surface area contributed by atoms with Gasteiger partial charge in [-0.25, -0.2) is 13.1 Å². The second-order valence-electron chi connectivity index (χ2n) is 5.77. The Morgan fingerprint density at radius 3 is 2.26 bits per heavy atom. The minimum Gasteiger partial charge on any atom is -0.381 e. The Balaban J connectivity index is 2.47. The van der Waals surface area contributed by atoms with Crippen LogP contribution in [0.4, 0.5) is 0 Å². The van der Waals surface area contributed by atoms with Gasteiger partial charge in [0.2, 0.25) is 10.0 Å². The van der Waals surface area contributed by atoms with Crippen LogP contribution in [0.15, 0.2) is 0 Å². The Morgan fingerprint density at radius 2 is 1.74 bits per heavy atom. The lowest BCUT2D eigenvalue weighted by molar-refractivity contribution is 0.0585. The molecule has 1 fully saturated rings. The Morgan fingerprint density at radius 1 is 1.16 bits per heavy atom. The molecule has 0 saturated carbocycles. The predicted octanol–water partition coefficient (Wildman–Crippen LogP) is 1.11. The number of ether oxygens (including phenoxy) is 1. The van der Waals surface area contributed by atoms with E-state index in [1.165, 1.54) is 0 Å². The van der Waals surface area contributed by atoms with Gasteiger partial charge in [0.05, 0.1) is 5.25 Å². The highest BCUT2D eigenvalue weighted by Crippen LogP contribution is 2.19. The van der Waals surface area contributed by atoms with E-state index in [9.17, 15) is 8.42 Å². The summed E-state index contributed by atoms with van der Waals surface area (Å²) in [5, 5.41) is 2.75. The quantitative estimate of drug-likeness (QED) is 0.737. The predicted molar refractivity (Wildman–Crippen MR) is 77.7 cm³/mol. The molecule has 6 heteroatoms. The van der Waals surface area contributed by atoms with E-state index in [0.717, 1.165) is 26.1 Å². The molecule has 0 bridgehead atoms. The van der Waals surface area contributed by atoms with E-state index in [0.29, 0.717) is 18.5 Å². The molecule has 0 amide bonds. The van der Waals surface area contributed by atoms with Crippen LogP contribution in [-0.4, -0.2) is 45.5 Å². The third-order valence-electron chi connectivity index (χ3n) is 3.67. The largest absolute Gasteiger partial charge is 0.381 e. The zero-order valence-electron chi connectivity index (χ0n) is 12.5. The maximum absolute atomic E-state index is 12.2. The first kappa shape index (κ1) is 16.9. The molecule has 0 spiro atoms. The molecular formula is C13H28N2O3S. The standard InChI is InChI=1S/C13H28N2O3S/c1-10(2)14-9-11(3)19(16,17)15-12(4)13-5-7-18-8-6-13/h10-15H,5-9H2,1-4H3. The molecule has 114 valence electrons. The first-order valence-electron chi connectivity index (χ1n) is 7.15. The second kappa shape index (κ2) is 7.57. The molecule has 0 aromatic rings. The van der Waals surface area contributed by atoms with Crippen LogP contribution >= 0.6 is 0 Å². The minimum absolute atomic E-state index is 0.0181. The van der Waals surface area contributed by atoms with Crippen molar-refractivity contribution < 1.29 is 13.2 Å². The van der Waals surface area contributed by atoms with Crippen LogP contribution in [0.5, 0.6) is 0 Å². The Bertz CT molecular complexity index is 351. The lowest BCUT2D eigenvalue weighted by Gasteiger charge is -2.29. The summed E-state index contributed by atoms with van der Waals surface area (Å²) in [6.07, 6.45) is 1.87. The molecule has 1 saturated heterocycles. The number of rotatable bonds is 7. The fraction of sp³-hybridized carbons (Fsp3) is 1.00. The van der Waals surface area contributed by atoms with E-state index < -0.39 is 15.3 Å². The molecular weight excluding hydrogens is 264 g/mol. The molecule has 1 heterocycles. The van der Waals surface area contributed by atoms with Gasteiger partial charge in [0.25, 0.3) is 0 Å². The van der Waals surface area contributed by atoms with Crippen molar-refractivity contribution in [2.45, 2.75) is 57.9 Å². The molecule has 2 N–H and O–H groups in total. The number of hydrogen-bond acceptors (Lipinski definition) is 4. The van der Waals surface area contributed by atoms with Gasteiger partial charge >= 0.3 is 0 Å². The molecule has 0 radical (unpaired) electrons. The molecule has 2 atom stereocenters. The summed E-state index contributed by atoms with van der Waals surface area (Å²) in [6.45, 7) is 9.68. The van der Waals surface area contributed by atoms with E-state index in [1.807, 2.05) is 20.8 Å². The van der Waals surface area contributed by atoms with Gasteiger partial charge in [-0.15, -0.1) is 0 Å². The fourth-order valence-corrected chi connectivity index (χ4v) is 3.46. The van der Waals surface area contributed by atoms with Crippen molar-refractivity contribution in [3.8, 4) is 0 Å². The van der Waals surface area contributed by atoms with Gasteiger partial charge in [-0.3, -0.25) is 0 Å². The molecule has 0 aliphatic carbocycles. The van der Waals surface area contributed by atoms with E-state index in [4.69, 9.17) is 4.74 Å². The van der Waals surface area contributed by atoms with Crippen LogP contribution in [-0.2, 0) is 14.8 Å². The van der Waals surface area contributed by atoms with Gasteiger partial charge in [-0.2, -0.15) is 0 Å². The summed E-state index contributed by atoms with van der Waals surface area (Å²) in [4.78, 5) is 0. The molecule has 19 heavy (non-hydrogen) atoms. The average molecular weight is 292 g/mol. The first-order valence-corrected chi connectivity index (χ1v) is 8.70. The number of hydrogen-bond donors (Lipinski definition) is 2. The summed E-state index contributed by atoms with van der Waals surface area (Å²) in [6, 6.07) is 0.279. The third-order valence-corrected chi connectivity index (χ3v) is 5.59. The molecule has 0 aromatic heterocycles. The SMILES string of the molecule is CC(C)NCC(C)S(=O)(=O)NC(C)C1CCOCC1. The third kappa shape index (κ3) is 5.77. The molecule has 1 rings (SSSR count). The summed E-state index contributed by atoms with van der Waals surface area (Å²) in [5.41, 5.74) is 0. The van der Waals surface area contributed by atoms with Crippen LogP contribution in [0.25, 0.3) is 0 Å². The van der Waals surface area contributed by atoms with Gasteiger partial charge in [0, 0.05) is 31.8 Å². The van der Waals surface area contributed by atoms with Gasteiger partial charge in [0.1, 0.15) is 0 Å². The zero-order valence-corrected chi connectivity index (χ0v) is 13.3. The van der Waals surface area contributed by atoms with Crippen molar-refractivity contribution in [1.29, 1.82) is 0 Å². The van der Waals surface area contributed by atoms with Crippen LogP contribution in [0, 0.1) is 5.92 Å². The van der Waals surface area contributed by atoms with Gasteiger partial charge in [-0.05, 0) is 32.6 Å². The Kier molecular flexibility index (Phi) is 6.73. The van der Waals surface area contributed by atoms with Crippen molar-refractivity contribution in [1.82, 2.24) is 10.0 Å². The van der Waals surface area contributed by atoms with Crippen molar-refractivity contribution in [3.05, 3.63) is 0 Å². The van der Waals surface area contributed by atoms with Crippen molar-refractivity contribution in [3.63, 3.8) is 0 Å². The Hall–Kier alpha value is -0.170. The molecule has 2 unspecified atom stereocenters. The first-order chi connectivity index (χ1) is 8.83. The molecule has 0 aromatic carbocycles. The van der Waals surface area contributed by atoms with Crippen molar-refractivity contribution in [2.75, 3.05) is 19.8 Å². The minimum atomic E-state index is -3.26. The summed E-state index contributed by atoms with van der Waals surface area (Å²) >= 11 is 0. The normalized spacial score (nSPS) is 21.5. The lowest BCUT2D eigenvalue weighted by Crippen LogP contribution is -2.46. The van der Waals surface area contributed by atoms with Crippen LogP contribution < -0.4 is 10.0 Å². The smallest absolute Gasteiger partial charge is 0.215 e. The summed E-state index contributed by atoms with van der Waals surface area (Å²) in [5.74, 6) is 0.383. The highest BCUT2D eigenvalue weighted by molar-refractivity contribution is 7.90. The monoisotopic (exact) mass is 292 g/mol. The second-order valence-corrected chi connectivity index (χ2v) is 7.91. The van der Waals surface area contributed by atoms with E-state index in [1.54, 1.807) is 6.92 Å². The number of nitrogens with one attached hydrogen (secondary N) is 2. The van der Waals surface area contributed by atoms with E-state index >= 15 is 0 Å². The van der Waals surface area contributed by atoms with Gasteiger partial charge < -0.3 is 10.1 Å². The lowest BCUT2D eigenvalue weighted by atomic mass is 9.94. The highest BCUT2D eigenvalue weighted by Gasteiger charge is 2.27. The van der Waals surface area contributed by atoms with Crippen molar-refractivity contribution >= 4 is 10.0 Å². The van der Waals surface area contributed by atoms with Gasteiger partial charge in [0.15, 0.2) is 0 Å². The maximum Gasteiger partial charge on any atom is 0.215 e. The van der Waals surface area contributed by atoms with Crippen molar-refractivity contribution in [2.24, 2.45) is 5.92 Å². The fourth-order valence-electron chi connectivity index (χ4n) is 2.20. The van der Waals surface area contributed by atoms with Crippen LogP contribution in [0.2, 0.25) is 0 Å². The number of sulfonamides is 1. The topological polar surface area (TPSA) is 67.4 Å². The van der Waals surface area contributed by atoms with Crippen LogP contribution in [0.1, 0.15) is 40.5 Å². The molecule has 1 aliphatic rings. The van der Waals surface area contributed by atoms with Gasteiger partial charge in [-0.1, -0.05) is 13.8 Å². The molecule has 1 aliphatic heterocycles. The summed E-state index contributed by atoms with van der Waals surface area (Å²) in [7, 11) is -3.26. The van der Waals surface area contributed by atoms with Crippen LogP contribution in [0.3, 0.4) is 0 Å². The highest BCUT2D eigenvalue weighted by atomic mass is 32.2. The van der Waals surface area contributed by atoms with E-state index in [2.05, 4.69) is 10.0 Å². The maximum atomic E-state index is 12.2. The zero-order chi connectivity index (χ0) is 14.5.